The largest absolute Gasteiger partial charge is 0.487 e. The summed E-state index contributed by atoms with van der Waals surface area (Å²) < 4.78 is 5.64. The Balaban J connectivity index is 2.13. The van der Waals surface area contributed by atoms with Crippen LogP contribution in [0.1, 0.15) is 11.1 Å². The van der Waals surface area contributed by atoms with Crippen LogP contribution in [0.4, 0.5) is 0 Å². The Bertz CT molecular complexity index is 541. The SMILES string of the molecule is C#Cc1cccc(OCc2ccccc2)c1Cl. The summed E-state index contributed by atoms with van der Waals surface area (Å²) in [7, 11) is 0. The van der Waals surface area contributed by atoms with Crippen molar-refractivity contribution in [2.75, 3.05) is 0 Å². The van der Waals surface area contributed by atoms with E-state index in [9.17, 15) is 0 Å². The number of hydrogen-bond acceptors (Lipinski definition) is 1. The minimum Gasteiger partial charge on any atom is -0.487 e. The number of hydrogen-bond donors (Lipinski definition) is 0. The van der Waals surface area contributed by atoms with Gasteiger partial charge in [-0.05, 0) is 17.7 Å². The zero-order valence-corrected chi connectivity index (χ0v) is 9.95. The van der Waals surface area contributed by atoms with Gasteiger partial charge in [0.25, 0.3) is 0 Å². The lowest BCUT2D eigenvalue weighted by atomic mass is 10.2. The maximum absolute atomic E-state index is 6.11. The van der Waals surface area contributed by atoms with E-state index in [4.69, 9.17) is 22.8 Å². The van der Waals surface area contributed by atoms with E-state index >= 15 is 0 Å². The Kier molecular flexibility index (Phi) is 3.69. The van der Waals surface area contributed by atoms with Crippen LogP contribution in [0.15, 0.2) is 48.5 Å². The maximum Gasteiger partial charge on any atom is 0.139 e. The van der Waals surface area contributed by atoms with E-state index in [0.29, 0.717) is 22.9 Å². The van der Waals surface area contributed by atoms with Crippen LogP contribution in [0, 0.1) is 12.3 Å². The smallest absolute Gasteiger partial charge is 0.139 e. The first kappa shape index (κ1) is 11.6. The van der Waals surface area contributed by atoms with Crippen LogP contribution in [-0.4, -0.2) is 0 Å². The number of ether oxygens (including phenoxy) is 1. The van der Waals surface area contributed by atoms with Gasteiger partial charge in [0.05, 0.1) is 5.02 Å². The highest BCUT2D eigenvalue weighted by Gasteiger charge is 2.05. The van der Waals surface area contributed by atoms with Crippen LogP contribution in [0.3, 0.4) is 0 Å². The van der Waals surface area contributed by atoms with Gasteiger partial charge in [0.15, 0.2) is 0 Å². The topological polar surface area (TPSA) is 9.23 Å². The molecule has 0 saturated heterocycles. The molecule has 0 bridgehead atoms. The van der Waals surface area contributed by atoms with E-state index in [-0.39, 0.29) is 0 Å². The van der Waals surface area contributed by atoms with Gasteiger partial charge < -0.3 is 4.74 Å². The van der Waals surface area contributed by atoms with Crippen molar-refractivity contribution in [1.82, 2.24) is 0 Å². The lowest BCUT2D eigenvalue weighted by molar-refractivity contribution is 0.306. The zero-order chi connectivity index (χ0) is 12.1. The first-order valence-electron chi connectivity index (χ1n) is 5.23. The molecule has 0 saturated carbocycles. The molecule has 2 heteroatoms. The van der Waals surface area contributed by atoms with Crippen molar-refractivity contribution in [3.05, 3.63) is 64.7 Å². The van der Waals surface area contributed by atoms with Crippen molar-refractivity contribution in [2.24, 2.45) is 0 Å². The second kappa shape index (κ2) is 5.43. The Morgan fingerprint density at radius 1 is 1.06 bits per heavy atom. The Labute approximate surface area is 106 Å². The molecule has 0 amide bonds. The summed E-state index contributed by atoms with van der Waals surface area (Å²) in [6.07, 6.45) is 5.34. The van der Waals surface area contributed by atoms with Crippen LogP contribution < -0.4 is 4.74 Å². The predicted octanol–water partition coefficient (Wildman–Crippen LogP) is 3.90. The molecule has 1 nitrogen and oxygen atoms in total. The van der Waals surface area contributed by atoms with Crippen molar-refractivity contribution in [2.45, 2.75) is 6.61 Å². The quantitative estimate of drug-likeness (QED) is 0.742. The summed E-state index contributed by atoms with van der Waals surface area (Å²) in [5, 5.41) is 0.492. The van der Waals surface area contributed by atoms with E-state index < -0.39 is 0 Å². The van der Waals surface area contributed by atoms with Crippen molar-refractivity contribution in [3.8, 4) is 18.1 Å². The first-order valence-corrected chi connectivity index (χ1v) is 5.61. The molecule has 0 aromatic heterocycles. The van der Waals surface area contributed by atoms with Gasteiger partial charge in [-0.2, -0.15) is 0 Å². The van der Waals surface area contributed by atoms with E-state index in [1.54, 1.807) is 6.07 Å². The van der Waals surface area contributed by atoms with E-state index in [1.807, 2.05) is 42.5 Å². The van der Waals surface area contributed by atoms with Crippen LogP contribution in [0.5, 0.6) is 5.75 Å². The second-order valence-corrected chi connectivity index (χ2v) is 3.91. The molecule has 0 aliphatic carbocycles. The Morgan fingerprint density at radius 2 is 1.82 bits per heavy atom. The maximum atomic E-state index is 6.11. The molecule has 0 heterocycles. The number of benzene rings is 2. The number of terminal acetylenes is 1. The minimum absolute atomic E-state index is 0.481. The van der Waals surface area contributed by atoms with Crippen molar-refractivity contribution >= 4 is 11.6 Å². The Hall–Kier alpha value is -1.91. The fourth-order valence-corrected chi connectivity index (χ4v) is 1.70. The third kappa shape index (κ3) is 2.81. The average molecular weight is 243 g/mol. The van der Waals surface area contributed by atoms with Crippen molar-refractivity contribution in [1.29, 1.82) is 0 Å². The summed E-state index contributed by atoms with van der Waals surface area (Å²) in [6, 6.07) is 15.3. The van der Waals surface area contributed by atoms with Crippen LogP contribution in [0.25, 0.3) is 0 Å². The second-order valence-electron chi connectivity index (χ2n) is 3.54. The third-order valence-electron chi connectivity index (χ3n) is 2.36. The summed E-state index contributed by atoms with van der Waals surface area (Å²) >= 11 is 6.11. The van der Waals surface area contributed by atoms with Crippen molar-refractivity contribution < 1.29 is 4.74 Å². The lowest BCUT2D eigenvalue weighted by Gasteiger charge is -2.08. The van der Waals surface area contributed by atoms with E-state index in [1.165, 1.54) is 0 Å². The summed E-state index contributed by atoms with van der Waals surface area (Å²) in [5.41, 5.74) is 1.74. The summed E-state index contributed by atoms with van der Waals surface area (Å²) in [5.74, 6) is 3.14. The summed E-state index contributed by atoms with van der Waals surface area (Å²) in [4.78, 5) is 0. The standard InChI is InChI=1S/C15H11ClO/c1-2-13-9-6-10-14(15(13)16)17-11-12-7-4-3-5-8-12/h1,3-10H,11H2. The van der Waals surface area contributed by atoms with Crippen molar-refractivity contribution in [3.63, 3.8) is 0 Å². The van der Waals surface area contributed by atoms with Gasteiger partial charge in [-0.25, -0.2) is 0 Å². The highest BCUT2D eigenvalue weighted by Crippen LogP contribution is 2.28. The number of halogens is 1. The molecule has 2 aromatic rings. The van der Waals surface area contributed by atoms with E-state index in [2.05, 4.69) is 5.92 Å². The molecule has 17 heavy (non-hydrogen) atoms. The molecule has 0 fully saturated rings. The minimum atomic E-state index is 0.481. The molecular formula is C15H11ClO. The zero-order valence-electron chi connectivity index (χ0n) is 9.19. The third-order valence-corrected chi connectivity index (χ3v) is 2.75. The average Bonchev–Trinajstić information content (AvgIpc) is 2.39. The monoisotopic (exact) mass is 242 g/mol. The van der Waals surface area contributed by atoms with Gasteiger partial charge in [0.2, 0.25) is 0 Å². The molecule has 0 radical (unpaired) electrons. The molecular weight excluding hydrogens is 232 g/mol. The summed E-state index contributed by atoms with van der Waals surface area (Å²) in [6.45, 7) is 0.481. The predicted molar refractivity (Wildman–Crippen MR) is 70.2 cm³/mol. The van der Waals surface area contributed by atoms with Gasteiger partial charge >= 0.3 is 0 Å². The molecule has 0 atom stereocenters. The van der Waals surface area contributed by atoms with Crippen LogP contribution in [0.2, 0.25) is 5.02 Å². The molecule has 2 rings (SSSR count). The first-order chi connectivity index (χ1) is 8.31. The van der Waals surface area contributed by atoms with Crippen LogP contribution >= 0.6 is 11.6 Å². The van der Waals surface area contributed by atoms with E-state index in [0.717, 1.165) is 5.56 Å². The number of rotatable bonds is 3. The molecule has 0 unspecified atom stereocenters. The molecule has 0 aliphatic rings. The Morgan fingerprint density at radius 3 is 2.53 bits per heavy atom. The molecule has 0 aliphatic heterocycles. The lowest BCUT2D eigenvalue weighted by Crippen LogP contribution is -1.96. The highest BCUT2D eigenvalue weighted by atomic mass is 35.5. The molecule has 84 valence electrons. The van der Waals surface area contributed by atoms with Gasteiger partial charge in [-0.3, -0.25) is 0 Å². The fraction of sp³-hybridized carbons (Fsp3) is 0.0667. The van der Waals surface area contributed by atoms with Gasteiger partial charge in [-0.1, -0.05) is 53.9 Å². The molecule has 2 aromatic carbocycles. The van der Waals surface area contributed by atoms with Gasteiger partial charge in [0.1, 0.15) is 12.4 Å². The molecule has 0 N–H and O–H groups in total. The van der Waals surface area contributed by atoms with Gasteiger partial charge in [0, 0.05) is 5.56 Å². The fourth-order valence-electron chi connectivity index (χ4n) is 1.47. The molecule has 0 spiro atoms. The normalized spacial score (nSPS) is 9.65. The van der Waals surface area contributed by atoms with Gasteiger partial charge in [-0.15, -0.1) is 6.42 Å². The highest BCUT2D eigenvalue weighted by molar-refractivity contribution is 6.33. The van der Waals surface area contributed by atoms with Crippen LogP contribution in [-0.2, 0) is 6.61 Å².